The van der Waals surface area contributed by atoms with Crippen LogP contribution in [0.15, 0.2) is 50.8 Å². The molecule has 0 aliphatic carbocycles. The van der Waals surface area contributed by atoms with Crippen LogP contribution in [0.2, 0.25) is 0 Å². The standard InChI is InChI=1S/C19H19N7O2S3/c1-10(2)29-19-25-24-18(31-19)22-15(27)11(3)30-17-21-14-13(16(28)23-17)9-20-26(14)12-7-5-4-6-8-12/h4-11H,1-3H3,(H,21,23,28)(H,22,24,27). The minimum atomic E-state index is -0.515. The molecule has 1 unspecified atom stereocenters. The van der Waals surface area contributed by atoms with Gasteiger partial charge in [0.2, 0.25) is 11.0 Å². The summed E-state index contributed by atoms with van der Waals surface area (Å²) in [4.78, 5) is 32.4. The first kappa shape index (κ1) is 21.5. The number of nitrogens with zero attached hydrogens (tertiary/aromatic N) is 5. The summed E-state index contributed by atoms with van der Waals surface area (Å²) in [6, 6.07) is 9.44. The Morgan fingerprint density at radius 1 is 1.16 bits per heavy atom. The van der Waals surface area contributed by atoms with Crippen LogP contribution in [-0.4, -0.2) is 46.4 Å². The molecule has 0 saturated carbocycles. The number of aromatic nitrogens is 6. The number of anilines is 1. The van der Waals surface area contributed by atoms with Crippen molar-refractivity contribution in [3.05, 3.63) is 46.9 Å². The molecule has 0 aliphatic rings. The second-order valence-corrected chi connectivity index (χ2v) is 10.9. The summed E-state index contributed by atoms with van der Waals surface area (Å²) in [6.07, 6.45) is 1.49. The van der Waals surface area contributed by atoms with E-state index in [0.717, 1.165) is 21.8 Å². The highest BCUT2D eigenvalue weighted by molar-refractivity contribution is 8.01. The van der Waals surface area contributed by atoms with E-state index >= 15 is 0 Å². The van der Waals surface area contributed by atoms with Crippen LogP contribution < -0.4 is 10.9 Å². The van der Waals surface area contributed by atoms with E-state index in [4.69, 9.17) is 0 Å². The summed E-state index contributed by atoms with van der Waals surface area (Å²) in [6.45, 7) is 5.87. The van der Waals surface area contributed by atoms with Crippen molar-refractivity contribution in [1.82, 2.24) is 29.9 Å². The molecule has 4 rings (SSSR count). The fourth-order valence-electron chi connectivity index (χ4n) is 2.65. The number of para-hydroxylation sites is 1. The quantitative estimate of drug-likeness (QED) is 0.238. The first-order valence-corrected chi connectivity index (χ1v) is 12.0. The molecule has 3 aromatic heterocycles. The number of hydrogen-bond donors (Lipinski definition) is 2. The molecule has 2 N–H and O–H groups in total. The normalized spacial score (nSPS) is 12.4. The average Bonchev–Trinajstić information content (AvgIpc) is 3.35. The minimum Gasteiger partial charge on any atom is -0.301 e. The predicted molar refractivity (Wildman–Crippen MR) is 124 cm³/mol. The van der Waals surface area contributed by atoms with Gasteiger partial charge in [0, 0.05) is 5.25 Å². The summed E-state index contributed by atoms with van der Waals surface area (Å²) in [7, 11) is 0. The third-order valence-corrected chi connectivity index (χ3v) is 6.96. The molecule has 1 aromatic carbocycles. The van der Waals surface area contributed by atoms with Gasteiger partial charge in [-0.05, 0) is 19.1 Å². The van der Waals surface area contributed by atoms with Crippen LogP contribution in [0.5, 0.6) is 0 Å². The molecular formula is C19H19N7O2S3. The number of hydrogen-bond acceptors (Lipinski definition) is 9. The Bertz CT molecular complexity index is 1270. The summed E-state index contributed by atoms with van der Waals surface area (Å²) in [5, 5.41) is 16.2. The van der Waals surface area contributed by atoms with Gasteiger partial charge >= 0.3 is 0 Å². The molecule has 1 atom stereocenters. The van der Waals surface area contributed by atoms with Gasteiger partial charge < -0.3 is 4.98 Å². The van der Waals surface area contributed by atoms with Crippen LogP contribution in [0.4, 0.5) is 5.13 Å². The number of nitrogens with one attached hydrogen (secondary N) is 2. The Labute approximate surface area is 190 Å². The van der Waals surface area contributed by atoms with Crippen molar-refractivity contribution in [2.24, 2.45) is 0 Å². The number of carbonyl (C=O) groups excluding carboxylic acids is 1. The lowest BCUT2D eigenvalue weighted by atomic mass is 10.3. The molecule has 1 amide bonds. The number of amides is 1. The predicted octanol–water partition coefficient (Wildman–Crippen LogP) is 3.58. The number of benzene rings is 1. The van der Waals surface area contributed by atoms with Gasteiger partial charge in [0.05, 0.1) is 17.1 Å². The topological polar surface area (TPSA) is 118 Å². The molecule has 0 aliphatic heterocycles. The average molecular weight is 474 g/mol. The van der Waals surface area contributed by atoms with Gasteiger partial charge in [-0.2, -0.15) is 5.10 Å². The molecule has 0 saturated heterocycles. The first-order valence-electron chi connectivity index (χ1n) is 9.42. The minimum absolute atomic E-state index is 0.249. The molecule has 0 fully saturated rings. The fraction of sp³-hybridized carbons (Fsp3) is 0.263. The maximum absolute atomic E-state index is 12.6. The van der Waals surface area contributed by atoms with Gasteiger partial charge in [-0.3, -0.25) is 14.9 Å². The van der Waals surface area contributed by atoms with Crippen molar-refractivity contribution < 1.29 is 4.79 Å². The highest BCUT2D eigenvalue weighted by atomic mass is 32.2. The number of H-pyrrole nitrogens is 1. The molecule has 0 bridgehead atoms. The monoisotopic (exact) mass is 473 g/mol. The van der Waals surface area contributed by atoms with Gasteiger partial charge in [0.25, 0.3) is 5.56 Å². The summed E-state index contributed by atoms with van der Waals surface area (Å²) >= 11 is 4.08. The molecule has 0 spiro atoms. The van der Waals surface area contributed by atoms with Crippen LogP contribution in [0, 0.1) is 0 Å². The van der Waals surface area contributed by atoms with E-state index < -0.39 is 5.25 Å². The smallest absolute Gasteiger partial charge is 0.262 e. The highest BCUT2D eigenvalue weighted by Gasteiger charge is 2.20. The third-order valence-electron chi connectivity index (χ3n) is 4.05. The second kappa shape index (κ2) is 9.20. The molecule has 3 heterocycles. The maximum atomic E-state index is 12.6. The lowest BCUT2D eigenvalue weighted by molar-refractivity contribution is -0.115. The third kappa shape index (κ3) is 4.97. The van der Waals surface area contributed by atoms with Gasteiger partial charge in [0.15, 0.2) is 15.1 Å². The van der Waals surface area contributed by atoms with E-state index in [9.17, 15) is 9.59 Å². The Morgan fingerprint density at radius 2 is 1.94 bits per heavy atom. The molecule has 160 valence electrons. The zero-order valence-electron chi connectivity index (χ0n) is 16.9. The SMILES string of the molecule is CC(C)Sc1nnc(NC(=O)C(C)Sc2nc3c(cnn3-c3ccccc3)c(=O)[nH]2)s1. The Hall–Kier alpha value is -2.70. The van der Waals surface area contributed by atoms with Gasteiger partial charge in [0.1, 0.15) is 5.39 Å². The summed E-state index contributed by atoms with van der Waals surface area (Å²) in [5.41, 5.74) is 0.926. The Morgan fingerprint density at radius 3 is 2.68 bits per heavy atom. The van der Waals surface area contributed by atoms with Gasteiger partial charge in [-0.25, -0.2) is 9.67 Å². The number of rotatable bonds is 7. The second-order valence-electron chi connectivity index (χ2n) is 6.79. The maximum Gasteiger partial charge on any atom is 0.262 e. The molecule has 0 radical (unpaired) electrons. The van der Waals surface area contributed by atoms with E-state index in [1.54, 1.807) is 23.4 Å². The zero-order valence-corrected chi connectivity index (χ0v) is 19.3. The lowest BCUT2D eigenvalue weighted by Crippen LogP contribution is -2.23. The number of carbonyl (C=O) groups is 1. The molecular weight excluding hydrogens is 454 g/mol. The van der Waals surface area contributed by atoms with E-state index in [-0.39, 0.29) is 11.5 Å². The highest BCUT2D eigenvalue weighted by Crippen LogP contribution is 2.29. The van der Waals surface area contributed by atoms with E-state index in [2.05, 4.69) is 44.4 Å². The number of thioether (sulfide) groups is 2. The fourth-order valence-corrected chi connectivity index (χ4v) is 5.42. The molecule has 9 nitrogen and oxygen atoms in total. The van der Waals surface area contributed by atoms with Crippen LogP contribution in [0.3, 0.4) is 0 Å². The zero-order chi connectivity index (χ0) is 22.0. The van der Waals surface area contributed by atoms with Crippen molar-refractivity contribution >= 4 is 56.9 Å². The van der Waals surface area contributed by atoms with Crippen LogP contribution in [-0.2, 0) is 4.79 Å². The van der Waals surface area contributed by atoms with Crippen molar-refractivity contribution in [1.29, 1.82) is 0 Å². The van der Waals surface area contributed by atoms with Crippen LogP contribution >= 0.6 is 34.9 Å². The van der Waals surface area contributed by atoms with Crippen molar-refractivity contribution in [2.45, 2.75) is 40.8 Å². The van der Waals surface area contributed by atoms with Crippen molar-refractivity contribution in [3.63, 3.8) is 0 Å². The van der Waals surface area contributed by atoms with Crippen molar-refractivity contribution in [2.75, 3.05) is 5.32 Å². The summed E-state index contributed by atoms with van der Waals surface area (Å²) < 4.78 is 2.41. The lowest BCUT2D eigenvalue weighted by Gasteiger charge is -2.10. The van der Waals surface area contributed by atoms with E-state index in [1.807, 2.05) is 30.3 Å². The van der Waals surface area contributed by atoms with Gasteiger partial charge in [-0.15, -0.1) is 10.2 Å². The molecule has 31 heavy (non-hydrogen) atoms. The number of fused-ring (bicyclic) bond motifs is 1. The number of aromatic amines is 1. The Kier molecular flexibility index (Phi) is 6.39. The summed E-state index contributed by atoms with van der Waals surface area (Å²) in [5.74, 6) is -0.249. The van der Waals surface area contributed by atoms with E-state index in [1.165, 1.54) is 17.5 Å². The van der Waals surface area contributed by atoms with Crippen molar-refractivity contribution in [3.8, 4) is 5.69 Å². The molecule has 4 aromatic rings. The first-order chi connectivity index (χ1) is 14.9. The van der Waals surface area contributed by atoms with E-state index in [0.29, 0.717) is 26.6 Å². The molecule has 12 heteroatoms. The van der Waals surface area contributed by atoms with Crippen LogP contribution in [0.25, 0.3) is 16.7 Å². The largest absolute Gasteiger partial charge is 0.301 e. The Balaban J connectivity index is 1.52. The van der Waals surface area contributed by atoms with Crippen LogP contribution in [0.1, 0.15) is 20.8 Å². The van der Waals surface area contributed by atoms with Gasteiger partial charge in [-0.1, -0.05) is 66.9 Å².